The normalized spacial score (nSPS) is 32.6. The summed E-state index contributed by atoms with van der Waals surface area (Å²) in [4.78, 5) is 27.5. The number of morpholine rings is 1. The van der Waals surface area contributed by atoms with Crippen molar-refractivity contribution in [2.75, 3.05) is 50.0 Å². The second-order valence-corrected chi connectivity index (χ2v) is 9.88. The molecule has 0 radical (unpaired) electrons. The Balaban J connectivity index is 1.37. The highest BCUT2D eigenvalue weighted by atomic mass is 16.5. The van der Waals surface area contributed by atoms with Crippen LogP contribution in [0.1, 0.15) is 51.4 Å². The quantitative estimate of drug-likeness (QED) is 0.755. The molecule has 1 aromatic heterocycles. The highest BCUT2D eigenvalue weighted by Gasteiger charge is 2.53. The summed E-state index contributed by atoms with van der Waals surface area (Å²) in [6.45, 7) is 5.26. The summed E-state index contributed by atoms with van der Waals surface area (Å²) in [6.07, 6.45) is 10.5. The molecule has 2 aliphatic carbocycles. The number of hydrogen-bond donors (Lipinski definition) is 2. The number of nitrogens with one attached hydrogen (secondary N) is 1. The van der Waals surface area contributed by atoms with Gasteiger partial charge in [0.2, 0.25) is 11.9 Å². The van der Waals surface area contributed by atoms with Crippen LogP contribution in [0.15, 0.2) is 12.3 Å². The zero-order valence-corrected chi connectivity index (χ0v) is 18.5. The van der Waals surface area contributed by atoms with Crippen LogP contribution in [0.25, 0.3) is 0 Å². The average molecular weight is 429 g/mol. The number of aromatic nitrogens is 2. The molecule has 0 spiro atoms. The second kappa shape index (κ2) is 8.90. The number of hydrogen-bond acceptors (Lipinski definition) is 7. The Kier molecular flexibility index (Phi) is 6.01. The minimum absolute atomic E-state index is 0.262. The van der Waals surface area contributed by atoms with Gasteiger partial charge in [-0.2, -0.15) is 4.98 Å². The van der Waals surface area contributed by atoms with Crippen LogP contribution in [-0.4, -0.2) is 72.3 Å². The summed E-state index contributed by atoms with van der Waals surface area (Å²) in [6, 6.07) is 2.63. The van der Waals surface area contributed by atoms with Crippen molar-refractivity contribution >= 4 is 17.7 Å². The number of nitrogen functional groups attached to an aromatic ring is 1. The van der Waals surface area contributed by atoms with Crippen molar-refractivity contribution in [1.29, 1.82) is 0 Å². The molecule has 5 rings (SSSR count). The fourth-order valence-corrected chi connectivity index (χ4v) is 6.36. The lowest BCUT2D eigenvalue weighted by Gasteiger charge is -2.53. The Bertz CT molecular complexity index is 779. The van der Waals surface area contributed by atoms with E-state index in [0.29, 0.717) is 36.3 Å². The smallest absolute Gasteiger partial charge is 0.228 e. The molecule has 0 aromatic carbocycles. The van der Waals surface area contributed by atoms with Crippen LogP contribution >= 0.6 is 0 Å². The molecule has 2 saturated heterocycles. The first kappa shape index (κ1) is 20.9. The van der Waals surface area contributed by atoms with Gasteiger partial charge in [0.25, 0.3) is 0 Å². The predicted octanol–water partition coefficient (Wildman–Crippen LogP) is 1.81. The van der Waals surface area contributed by atoms with Gasteiger partial charge in [0, 0.05) is 44.5 Å². The Hall–Kier alpha value is -1.93. The van der Waals surface area contributed by atoms with E-state index >= 15 is 0 Å². The van der Waals surface area contributed by atoms with E-state index in [2.05, 4.69) is 25.1 Å². The van der Waals surface area contributed by atoms with Gasteiger partial charge in [0.1, 0.15) is 5.82 Å². The standard InChI is InChI=1S/C23H36N6O2/c24-20-6-9-25-22(27-20)29-10-7-17-15-19(28-11-13-31-14-12-28)5-8-23(17,16-29)21(30)26-18-3-1-2-4-18/h6,9,17-19H,1-5,7-8,10-16H2,(H,26,30)(H2,24,25,27)/t17-,19-,23-/m1/s1. The minimum Gasteiger partial charge on any atom is -0.384 e. The highest BCUT2D eigenvalue weighted by Crippen LogP contribution is 2.48. The van der Waals surface area contributed by atoms with Gasteiger partial charge in [-0.05, 0) is 50.5 Å². The summed E-state index contributed by atoms with van der Waals surface area (Å²) < 4.78 is 5.57. The molecule has 0 bridgehead atoms. The Morgan fingerprint density at radius 2 is 1.97 bits per heavy atom. The number of carbonyl (C=O) groups is 1. The van der Waals surface area contributed by atoms with Crippen molar-refractivity contribution in [2.45, 2.75) is 63.5 Å². The van der Waals surface area contributed by atoms with Crippen LogP contribution in [0.4, 0.5) is 11.8 Å². The second-order valence-electron chi connectivity index (χ2n) is 9.88. The minimum atomic E-state index is -0.364. The number of rotatable bonds is 4. The molecular formula is C23H36N6O2. The molecule has 2 saturated carbocycles. The number of nitrogens with zero attached hydrogens (tertiary/aromatic N) is 4. The maximum Gasteiger partial charge on any atom is 0.228 e. The Morgan fingerprint density at radius 1 is 1.16 bits per heavy atom. The fourth-order valence-electron chi connectivity index (χ4n) is 6.36. The third-order valence-electron chi connectivity index (χ3n) is 8.13. The molecule has 3 atom stereocenters. The lowest BCUT2D eigenvalue weighted by molar-refractivity contribution is -0.140. The summed E-state index contributed by atoms with van der Waals surface area (Å²) in [5.41, 5.74) is 5.56. The number of fused-ring (bicyclic) bond motifs is 1. The molecule has 170 valence electrons. The van der Waals surface area contributed by atoms with E-state index in [4.69, 9.17) is 10.5 Å². The van der Waals surface area contributed by atoms with Crippen molar-refractivity contribution in [2.24, 2.45) is 11.3 Å². The van der Waals surface area contributed by atoms with Gasteiger partial charge in [-0.15, -0.1) is 0 Å². The van der Waals surface area contributed by atoms with E-state index in [-0.39, 0.29) is 11.3 Å². The van der Waals surface area contributed by atoms with E-state index in [1.54, 1.807) is 12.3 Å². The molecule has 3 N–H and O–H groups in total. The van der Waals surface area contributed by atoms with Gasteiger partial charge in [0.15, 0.2) is 0 Å². The zero-order valence-electron chi connectivity index (χ0n) is 18.5. The molecule has 31 heavy (non-hydrogen) atoms. The largest absolute Gasteiger partial charge is 0.384 e. The van der Waals surface area contributed by atoms with Crippen molar-refractivity contribution in [3.05, 3.63) is 12.3 Å². The first-order chi connectivity index (χ1) is 15.1. The number of carbonyl (C=O) groups excluding carboxylic acids is 1. The third kappa shape index (κ3) is 4.24. The zero-order chi connectivity index (χ0) is 21.3. The van der Waals surface area contributed by atoms with Crippen LogP contribution in [0.2, 0.25) is 0 Å². The summed E-state index contributed by atoms with van der Waals surface area (Å²) in [5.74, 6) is 1.79. The van der Waals surface area contributed by atoms with E-state index in [1.165, 1.54) is 12.8 Å². The average Bonchev–Trinajstić information content (AvgIpc) is 3.32. The summed E-state index contributed by atoms with van der Waals surface area (Å²) in [5, 5.41) is 3.45. The third-order valence-corrected chi connectivity index (χ3v) is 8.13. The van der Waals surface area contributed by atoms with E-state index in [0.717, 1.165) is 71.4 Å². The topological polar surface area (TPSA) is 96.6 Å². The van der Waals surface area contributed by atoms with Gasteiger partial charge in [-0.3, -0.25) is 9.69 Å². The van der Waals surface area contributed by atoms with E-state index in [9.17, 15) is 4.79 Å². The van der Waals surface area contributed by atoms with Gasteiger partial charge < -0.3 is 20.7 Å². The van der Waals surface area contributed by atoms with Crippen molar-refractivity contribution < 1.29 is 9.53 Å². The molecule has 3 heterocycles. The van der Waals surface area contributed by atoms with Crippen LogP contribution in [0, 0.1) is 11.3 Å². The molecule has 1 aromatic rings. The van der Waals surface area contributed by atoms with Crippen molar-refractivity contribution in [3.8, 4) is 0 Å². The van der Waals surface area contributed by atoms with Gasteiger partial charge in [0.05, 0.1) is 18.6 Å². The maximum absolute atomic E-state index is 13.8. The predicted molar refractivity (Wildman–Crippen MR) is 120 cm³/mol. The highest BCUT2D eigenvalue weighted by molar-refractivity contribution is 5.84. The van der Waals surface area contributed by atoms with Gasteiger partial charge in [-0.1, -0.05) is 12.8 Å². The Labute approximate surface area is 184 Å². The molecule has 4 fully saturated rings. The molecule has 1 amide bonds. The number of amides is 1. The van der Waals surface area contributed by atoms with Gasteiger partial charge in [-0.25, -0.2) is 4.98 Å². The molecular weight excluding hydrogens is 392 g/mol. The number of anilines is 2. The molecule has 4 aliphatic rings. The molecule has 2 aliphatic heterocycles. The van der Waals surface area contributed by atoms with Crippen LogP contribution in [0.5, 0.6) is 0 Å². The maximum atomic E-state index is 13.8. The number of nitrogens with two attached hydrogens (primary N) is 1. The first-order valence-electron chi connectivity index (χ1n) is 12.1. The summed E-state index contributed by atoms with van der Waals surface area (Å²) >= 11 is 0. The van der Waals surface area contributed by atoms with E-state index in [1.807, 2.05) is 0 Å². The van der Waals surface area contributed by atoms with Crippen LogP contribution < -0.4 is 16.0 Å². The number of piperidine rings is 1. The number of ether oxygens (including phenoxy) is 1. The van der Waals surface area contributed by atoms with Crippen molar-refractivity contribution in [3.63, 3.8) is 0 Å². The fraction of sp³-hybridized carbons (Fsp3) is 0.783. The van der Waals surface area contributed by atoms with Crippen LogP contribution in [-0.2, 0) is 9.53 Å². The molecule has 8 heteroatoms. The Morgan fingerprint density at radius 3 is 2.74 bits per heavy atom. The SMILES string of the molecule is Nc1ccnc(N2CC[C@@H]3C[C@H](N4CCOCC4)CC[C@@]3(C(=O)NC3CCCC3)C2)n1. The lowest BCUT2D eigenvalue weighted by Crippen LogP contribution is -2.62. The first-order valence-corrected chi connectivity index (χ1v) is 12.1. The van der Waals surface area contributed by atoms with Gasteiger partial charge >= 0.3 is 0 Å². The monoisotopic (exact) mass is 428 g/mol. The lowest BCUT2D eigenvalue weighted by atomic mass is 9.60. The molecule has 8 nitrogen and oxygen atoms in total. The molecule has 0 unspecified atom stereocenters. The van der Waals surface area contributed by atoms with Crippen LogP contribution in [0.3, 0.4) is 0 Å². The van der Waals surface area contributed by atoms with E-state index < -0.39 is 0 Å². The summed E-state index contributed by atoms with van der Waals surface area (Å²) in [7, 11) is 0. The van der Waals surface area contributed by atoms with Crippen molar-refractivity contribution in [1.82, 2.24) is 20.2 Å².